The van der Waals surface area contributed by atoms with Crippen molar-refractivity contribution >= 4 is 11.6 Å². The van der Waals surface area contributed by atoms with Gasteiger partial charge in [-0.1, -0.05) is 6.42 Å². The smallest absolute Gasteiger partial charge is 0.267 e. The lowest BCUT2D eigenvalue weighted by Gasteiger charge is -2.28. The number of nitrogens with zero attached hydrogens (tertiary/aromatic N) is 1. The second-order valence-electron chi connectivity index (χ2n) is 6.96. The molecule has 3 N–H and O–H groups in total. The van der Waals surface area contributed by atoms with E-state index in [9.17, 15) is 15.2 Å². The van der Waals surface area contributed by atoms with E-state index < -0.39 is 5.91 Å². The van der Waals surface area contributed by atoms with E-state index >= 15 is 0 Å². The van der Waals surface area contributed by atoms with Crippen molar-refractivity contribution in [1.29, 1.82) is 5.26 Å². The van der Waals surface area contributed by atoms with E-state index in [-0.39, 0.29) is 17.4 Å². The van der Waals surface area contributed by atoms with Crippen molar-refractivity contribution in [2.75, 3.05) is 5.32 Å². The first kappa shape index (κ1) is 16.4. The molecule has 126 valence electrons. The number of amides is 1. The molecule has 24 heavy (non-hydrogen) atoms. The summed E-state index contributed by atoms with van der Waals surface area (Å²) in [6.07, 6.45) is 6.81. The fourth-order valence-corrected chi connectivity index (χ4v) is 4.14. The zero-order valence-electron chi connectivity index (χ0n) is 13.8. The highest BCUT2D eigenvalue weighted by Crippen LogP contribution is 2.49. The molecule has 0 heterocycles. The summed E-state index contributed by atoms with van der Waals surface area (Å²) in [5.74, 6) is 1.99. The summed E-state index contributed by atoms with van der Waals surface area (Å²) < 4.78 is 0. The first-order valence-electron chi connectivity index (χ1n) is 8.53. The number of phenolic OH excluding ortho intramolecular Hbond substituents is 1. The number of benzene rings is 1. The Morgan fingerprint density at radius 2 is 2.08 bits per heavy atom. The molecule has 2 bridgehead atoms. The van der Waals surface area contributed by atoms with Gasteiger partial charge in [-0.2, -0.15) is 5.26 Å². The molecular formula is C19H23N3O2. The van der Waals surface area contributed by atoms with Gasteiger partial charge < -0.3 is 15.7 Å². The van der Waals surface area contributed by atoms with Crippen LogP contribution in [0.15, 0.2) is 36.0 Å². The largest absolute Gasteiger partial charge is 0.508 e. The number of phenols is 1. The van der Waals surface area contributed by atoms with Crippen LogP contribution in [0.3, 0.4) is 0 Å². The van der Waals surface area contributed by atoms with Crippen LogP contribution < -0.4 is 10.6 Å². The van der Waals surface area contributed by atoms with E-state index in [2.05, 4.69) is 17.6 Å². The standard InChI is InChI=1S/C19H23N3O2/c1-12(18-9-13-2-3-14(18)8-13)21-11-15(10-20)19(24)22-16-4-6-17(23)7-5-16/h4-7,11-14,18,21,23H,2-3,8-9H2,1H3,(H,22,24)/b15-11-. The first-order valence-corrected chi connectivity index (χ1v) is 8.53. The monoisotopic (exact) mass is 325 g/mol. The van der Waals surface area contributed by atoms with Gasteiger partial charge in [0.15, 0.2) is 0 Å². The molecule has 2 aliphatic carbocycles. The predicted molar refractivity (Wildman–Crippen MR) is 92.0 cm³/mol. The van der Waals surface area contributed by atoms with E-state index in [1.54, 1.807) is 12.1 Å². The Labute approximate surface area is 142 Å². The third-order valence-corrected chi connectivity index (χ3v) is 5.42. The Balaban J connectivity index is 1.58. The van der Waals surface area contributed by atoms with Crippen molar-refractivity contribution in [2.45, 2.75) is 38.6 Å². The number of fused-ring (bicyclic) bond motifs is 2. The van der Waals surface area contributed by atoms with Crippen LogP contribution in [0.2, 0.25) is 0 Å². The zero-order valence-corrected chi connectivity index (χ0v) is 13.8. The van der Waals surface area contributed by atoms with Crippen molar-refractivity contribution in [3.63, 3.8) is 0 Å². The van der Waals surface area contributed by atoms with Gasteiger partial charge in [0, 0.05) is 17.9 Å². The van der Waals surface area contributed by atoms with Gasteiger partial charge in [0.1, 0.15) is 17.4 Å². The van der Waals surface area contributed by atoms with Crippen LogP contribution in [0, 0.1) is 29.1 Å². The van der Waals surface area contributed by atoms with E-state index in [1.807, 2.05) is 6.07 Å². The topological polar surface area (TPSA) is 85.2 Å². The van der Waals surface area contributed by atoms with E-state index in [1.165, 1.54) is 44.0 Å². The summed E-state index contributed by atoms with van der Waals surface area (Å²) in [5, 5.41) is 24.4. The predicted octanol–water partition coefficient (Wildman–Crippen LogP) is 3.15. The van der Waals surface area contributed by atoms with Crippen LogP contribution in [0.1, 0.15) is 32.6 Å². The minimum absolute atomic E-state index is 0.0538. The van der Waals surface area contributed by atoms with Crippen LogP contribution in [-0.4, -0.2) is 17.1 Å². The van der Waals surface area contributed by atoms with Gasteiger partial charge in [0.2, 0.25) is 0 Å². The van der Waals surface area contributed by atoms with Gasteiger partial charge in [-0.05, 0) is 68.2 Å². The van der Waals surface area contributed by atoms with Crippen molar-refractivity contribution in [3.05, 3.63) is 36.0 Å². The molecule has 4 unspecified atom stereocenters. The Morgan fingerprint density at radius 1 is 1.33 bits per heavy atom. The van der Waals surface area contributed by atoms with Gasteiger partial charge in [-0.25, -0.2) is 0 Å². The molecule has 2 saturated carbocycles. The fraction of sp³-hybridized carbons (Fsp3) is 0.474. The summed E-state index contributed by atoms with van der Waals surface area (Å²) >= 11 is 0. The average molecular weight is 325 g/mol. The SMILES string of the molecule is CC(N/C=C(/C#N)C(=O)Nc1ccc(O)cc1)C1CC2CCC1C2. The highest BCUT2D eigenvalue weighted by atomic mass is 16.3. The summed E-state index contributed by atoms with van der Waals surface area (Å²) in [5.41, 5.74) is 0.596. The lowest BCUT2D eigenvalue weighted by atomic mass is 9.84. The summed E-state index contributed by atoms with van der Waals surface area (Å²) in [6, 6.07) is 8.37. The zero-order chi connectivity index (χ0) is 17.1. The first-order chi connectivity index (χ1) is 11.6. The molecular weight excluding hydrogens is 302 g/mol. The lowest BCUT2D eigenvalue weighted by molar-refractivity contribution is -0.112. The Bertz CT molecular complexity index is 675. The molecule has 0 saturated heterocycles. The second kappa shape index (κ2) is 6.96. The molecule has 0 spiro atoms. The number of aromatic hydroxyl groups is 1. The Morgan fingerprint density at radius 3 is 2.67 bits per heavy atom. The molecule has 4 atom stereocenters. The third kappa shape index (κ3) is 3.53. The maximum atomic E-state index is 12.2. The average Bonchev–Trinajstić information content (AvgIpc) is 3.20. The van der Waals surface area contributed by atoms with E-state index in [0.717, 1.165) is 11.8 Å². The molecule has 5 nitrogen and oxygen atoms in total. The van der Waals surface area contributed by atoms with Crippen LogP contribution >= 0.6 is 0 Å². The van der Waals surface area contributed by atoms with Crippen LogP contribution in [0.4, 0.5) is 5.69 Å². The van der Waals surface area contributed by atoms with Gasteiger partial charge >= 0.3 is 0 Å². The quantitative estimate of drug-likeness (QED) is 0.441. The van der Waals surface area contributed by atoms with Gasteiger partial charge in [-0.3, -0.25) is 4.79 Å². The molecule has 1 aromatic carbocycles. The highest BCUT2D eigenvalue weighted by molar-refractivity contribution is 6.06. The van der Waals surface area contributed by atoms with Gasteiger partial charge in [-0.15, -0.1) is 0 Å². The van der Waals surface area contributed by atoms with Crippen molar-refractivity contribution in [3.8, 4) is 11.8 Å². The number of hydrogen-bond acceptors (Lipinski definition) is 4. The van der Waals surface area contributed by atoms with Crippen LogP contribution in [0.5, 0.6) is 5.75 Å². The Hall–Kier alpha value is -2.48. The fourth-order valence-electron chi connectivity index (χ4n) is 4.14. The van der Waals surface area contributed by atoms with Crippen molar-refractivity contribution in [1.82, 2.24) is 5.32 Å². The van der Waals surface area contributed by atoms with Crippen LogP contribution in [0.25, 0.3) is 0 Å². The van der Waals surface area contributed by atoms with Crippen LogP contribution in [-0.2, 0) is 4.79 Å². The highest BCUT2D eigenvalue weighted by Gasteiger charge is 2.41. The van der Waals surface area contributed by atoms with Gasteiger partial charge in [0.25, 0.3) is 5.91 Å². The number of nitriles is 1. The lowest BCUT2D eigenvalue weighted by Crippen LogP contribution is -2.33. The number of nitrogens with one attached hydrogen (secondary N) is 2. The summed E-state index contributed by atoms with van der Waals surface area (Å²) in [6.45, 7) is 2.13. The minimum atomic E-state index is -0.448. The Kier molecular flexibility index (Phi) is 4.75. The molecule has 3 rings (SSSR count). The number of rotatable bonds is 5. The molecule has 1 amide bonds. The maximum Gasteiger partial charge on any atom is 0.267 e. The van der Waals surface area contributed by atoms with E-state index in [0.29, 0.717) is 11.6 Å². The van der Waals surface area contributed by atoms with Crippen molar-refractivity contribution in [2.24, 2.45) is 17.8 Å². The third-order valence-electron chi connectivity index (χ3n) is 5.42. The van der Waals surface area contributed by atoms with Gasteiger partial charge in [0.05, 0.1) is 0 Å². The summed E-state index contributed by atoms with van der Waals surface area (Å²) in [4.78, 5) is 12.2. The van der Waals surface area contributed by atoms with Crippen molar-refractivity contribution < 1.29 is 9.90 Å². The number of carbonyl (C=O) groups is 1. The number of anilines is 1. The molecule has 2 fully saturated rings. The molecule has 2 aliphatic rings. The minimum Gasteiger partial charge on any atom is -0.508 e. The van der Waals surface area contributed by atoms with E-state index in [4.69, 9.17) is 0 Å². The summed E-state index contributed by atoms with van der Waals surface area (Å²) in [7, 11) is 0. The normalized spacial score (nSPS) is 26.7. The molecule has 1 aromatic rings. The number of hydrogen-bond donors (Lipinski definition) is 3. The molecule has 0 aliphatic heterocycles. The maximum absolute atomic E-state index is 12.2. The molecule has 0 aromatic heterocycles. The second-order valence-corrected chi connectivity index (χ2v) is 6.96. The number of carbonyl (C=O) groups excluding carboxylic acids is 1. The molecule has 0 radical (unpaired) electrons. The molecule has 5 heteroatoms.